The molecule has 2 N–H and O–H groups in total. The van der Waals surface area contributed by atoms with Crippen LogP contribution in [0.3, 0.4) is 0 Å². The van der Waals surface area contributed by atoms with E-state index in [1.54, 1.807) is 19.2 Å². The van der Waals surface area contributed by atoms with Crippen LogP contribution in [0.1, 0.15) is 5.56 Å². The average molecular weight is 284 g/mol. The van der Waals surface area contributed by atoms with Gasteiger partial charge < -0.3 is 15.2 Å². The lowest BCUT2D eigenvalue weighted by Crippen LogP contribution is -2.34. The van der Waals surface area contributed by atoms with Crippen LogP contribution >= 0.6 is 11.6 Å². The lowest BCUT2D eigenvalue weighted by molar-refractivity contribution is -0.210. The van der Waals surface area contributed by atoms with Crippen LogP contribution in [0.15, 0.2) is 18.2 Å². The van der Waals surface area contributed by atoms with Crippen molar-refractivity contribution in [1.82, 2.24) is 5.32 Å². The minimum Gasteiger partial charge on any atom is -0.490 e. The summed E-state index contributed by atoms with van der Waals surface area (Å²) in [5.41, 5.74) is 0.552. The number of aliphatic hydroxyl groups excluding tert-OH is 1. The molecule has 1 rings (SSSR count). The van der Waals surface area contributed by atoms with Gasteiger partial charge in [0.15, 0.2) is 6.10 Å². The molecule has 0 aliphatic rings. The lowest BCUT2D eigenvalue weighted by atomic mass is 10.2. The Kier molecular flexibility index (Phi) is 5.25. The zero-order valence-corrected chi connectivity index (χ0v) is 10.3. The Morgan fingerprint density at radius 3 is 2.67 bits per heavy atom. The molecule has 1 atom stereocenters. The maximum atomic E-state index is 12.1. The first kappa shape index (κ1) is 15.1. The summed E-state index contributed by atoms with van der Waals surface area (Å²) in [6.45, 7) is -0.502. The molecule has 0 aromatic heterocycles. The van der Waals surface area contributed by atoms with Gasteiger partial charge in [-0.15, -0.1) is 0 Å². The molecule has 0 bridgehead atoms. The Morgan fingerprint density at radius 2 is 2.11 bits per heavy atom. The predicted molar refractivity (Wildman–Crippen MR) is 61.8 cm³/mol. The van der Waals surface area contributed by atoms with Crippen LogP contribution < -0.4 is 10.1 Å². The second-order valence-electron chi connectivity index (χ2n) is 3.62. The largest absolute Gasteiger partial charge is 0.490 e. The van der Waals surface area contributed by atoms with Gasteiger partial charge in [-0.2, -0.15) is 13.2 Å². The molecule has 0 heterocycles. The number of ether oxygens (including phenoxy) is 1. The van der Waals surface area contributed by atoms with Crippen molar-refractivity contribution in [2.45, 2.75) is 18.8 Å². The van der Waals surface area contributed by atoms with E-state index in [0.717, 1.165) is 0 Å². The number of halogens is 4. The summed E-state index contributed by atoms with van der Waals surface area (Å²) in [7, 11) is 1.68. The van der Waals surface area contributed by atoms with Crippen LogP contribution in [0.5, 0.6) is 5.75 Å². The quantitative estimate of drug-likeness (QED) is 0.872. The molecular weight excluding hydrogens is 271 g/mol. The molecule has 0 aliphatic heterocycles. The minimum atomic E-state index is -4.69. The summed E-state index contributed by atoms with van der Waals surface area (Å²) in [5, 5.41) is 12.1. The number of nitrogens with one attached hydrogen (secondary N) is 1. The highest BCUT2D eigenvalue weighted by Crippen LogP contribution is 2.27. The molecule has 1 aromatic rings. The maximum Gasteiger partial charge on any atom is 0.417 e. The zero-order chi connectivity index (χ0) is 13.8. The van der Waals surface area contributed by atoms with Crippen LogP contribution in [0.2, 0.25) is 5.02 Å². The molecule has 7 heteroatoms. The summed E-state index contributed by atoms with van der Waals surface area (Å²) >= 11 is 5.91. The van der Waals surface area contributed by atoms with E-state index in [1.165, 1.54) is 6.07 Å². The van der Waals surface area contributed by atoms with Crippen LogP contribution in [-0.2, 0) is 6.54 Å². The molecular formula is C11H13ClF3NO2. The summed E-state index contributed by atoms with van der Waals surface area (Å²) in [5.74, 6) is 0.222. The fourth-order valence-corrected chi connectivity index (χ4v) is 1.52. The van der Waals surface area contributed by atoms with Gasteiger partial charge in [0.05, 0.1) is 0 Å². The Morgan fingerprint density at radius 1 is 1.44 bits per heavy atom. The van der Waals surface area contributed by atoms with E-state index >= 15 is 0 Å². The number of rotatable bonds is 5. The van der Waals surface area contributed by atoms with Crippen molar-refractivity contribution in [2.75, 3.05) is 13.7 Å². The van der Waals surface area contributed by atoms with Gasteiger partial charge in [0, 0.05) is 17.1 Å². The third kappa shape index (κ3) is 4.04. The van der Waals surface area contributed by atoms with Crippen molar-refractivity contribution >= 4 is 11.6 Å². The highest BCUT2D eigenvalue weighted by atomic mass is 35.5. The molecule has 0 aliphatic carbocycles. The Balaban J connectivity index is 2.76. The van der Waals surface area contributed by atoms with Crippen molar-refractivity contribution in [2.24, 2.45) is 0 Å². The third-order valence-electron chi connectivity index (χ3n) is 2.20. The number of aliphatic hydroxyl groups is 1. The number of benzene rings is 1. The molecule has 1 unspecified atom stereocenters. The van der Waals surface area contributed by atoms with Crippen LogP contribution in [0.25, 0.3) is 0 Å². The first-order valence-corrected chi connectivity index (χ1v) is 5.53. The first-order valence-electron chi connectivity index (χ1n) is 5.15. The number of hydrogen-bond donors (Lipinski definition) is 2. The van der Waals surface area contributed by atoms with Crippen molar-refractivity contribution in [3.05, 3.63) is 28.8 Å². The summed E-state index contributed by atoms with van der Waals surface area (Å²) in [6, 6.07) is 4.68. The molecule has 102 valence electrons. The SMILES string of the molecule is CNCc1c(Cl)cccc1OCC(O)C(F)(F)F. The van der Waals surface area contributed by atoms with Gasteiger partial charge in [0.25, 0.3) is 0 Å². The van der Waals surface area contributed by atoms with Crippen LogP contribution in [0, 0.1) is 0 Å². The zero-order valence-electron chi connectivity index (χ0n) is 9.59. The molecule has 0 spiro atoms. The van der Waals surface area contributed by atoms with Crippen molar-refractivity contribution in [1.29, 1.82) is 0 Å². The van der Waals surface area contributed by atoms with Crippen LogP contribution in [0.4, 0.5) is 13.2 Å². The predicted octanol–water partition coefficient (Wildman–Crippen LogP) is 2.36. The van der Waals surface area contributed by atoms with Gasteiger partial charge >= 0.3 is 6.18 Å². The number of alkyl halides is 3. The summed E-state index contributed by atoms with van der Waals surface area (Å²) in [4.78, 5) is 0. The summed E-state index contributed by atoms with van der Waals surface area (Å²) < 4.78 is 41.3. The lowest BCUT2D eigenvalue weighted by Gasteiger charge is -2.17. The van der Waals surface area contributed by atoms with Crippen molar-refractivity contribution in [3.8, 4) is 5.75 Å². The number of hydrogen-bond acceptors (Lipinski definition) is 3. The second kappa shape index (κ2) is 6.26. The molecule has 1 aromatic carbocycles. The van der Waals surface area contributed by atoms with E-state index < -0.39 is 18.9 Å². The van der Waals surface area contributed by atoms with E-state index in [4.69, 9.17) is 21.4 Å². The van der Waals surface area contributed by atoms with E-state index in [1.807, 2.05) is 0 Å². The Bertz CT molecular complexity index is 398. The first-order chi connectivity index (χ1) is 8.36. The fourth-order valence-electron chi connectivity index (χ4n) is 1.29. The topological polar surface area (TPSA) is 41.5 Å². The molecule has 3 nitrogen and oxygen atoms in total. The van der Waals surface area contributed by atoms with Gasteiger partial charge in [-0.05, 0) is 19.2 Å². The Hall–Kier alpha value is -0.980. The molecule has 0 radical (unpaired) electrons. The third-order valence-corrected chi connectivity index (χ3v) is 2.56. The highest BCUT2D eigenvalue weighted by molar-refractivity contribution is 6.31. The maximum absolute atomic E-state index is 12.1. The summed E-state index contributed by atoms with van der Waals surface area (Å²) in [6.07, 6.45) is -7.21. The molecule has 0 amide bonds. The fraction of sp³-hybridized carbons (Fsp3) is 0.455. The molecule has 0 saturated carbocycles. The van der Waals surface area contributed by atoms with E-state index in [2.05, 4.69) is 5.32 Å². The standard InChI is InChI=1S/C11H13ClF3NO2/c1-16-5-7-8(12)3-2-4-9(7)18-6-10(17)11(13,14)15/h2-4,10,16-17H,5-6H2,1H3. The molecule has 0 saturated heterocycles. The van der Waals surface area contributed by atoms with Gasteiger partial charge in [-0.3, -0.25) is 0 Å². The van der Waals surface area contributed by atoms with Gasteiger partial charge in [0.1, 0.15) is 12.4 Å². The Labute approximate surface area is 108 Å². The van der Waals surface area contributed by atoms with Crippen molar-refractivity contribution < 1.29 is 23.0 Å². The van der Waals surface area contributed by atoms with E-state index in [0.29, 0.717) is 17.1 Å². The second-order valence-corrected chi connectivity index (χ2v) is 4.02. The molecule has 18 heavy (non-hydrogen) atoms. The highest BCUT2D eigenvalue weighted by Gasteiger charge is 2.38. The van der Waals surface area contributed by atoms with Gasteiger partial charge in [-0.25, -0.2) is 0 Å². The normalized spacial score (nSPS) is 13.4. The van der Waals surface area contributed by atoms with Crippen molar-refractivity contribution in [3.63, 3.8) is 0 Å². The molecule has 0 fully saturated rings. The van der Waals surface area contributed by atoms with E-state index in [9.17, 15) is 13.2 Å². The average Bonchev–Trinajstić information content (AvgIpc) is 2.28. The monoisotopic (exact) mass is 283 g/mol. The van der Waals surface area contributed by atoms with E-state index in [-0.39, 0.29) is 5.75 Å². The van der Waals surface area contributed by atoms with Gasteiger partial charge in [0.2, 0.25) is 0 Å². The smallest absolute Gasteiger partial charge is 0.417 e. The minimum absolute atomic E-state index is 0.222. The van der Waals surface area contributed by atoms with Crippen LogP contribution in [-0.4, -0.2) is 31.0 Å². The van der Waals surface area contributed by atoms with Gasteiger partial charge in [-0.1, -0.05) is 17.7 Å².